The van der Waals surface area contributed by atoms with E-state index in [2.05, 4.69) is 17.3 Å². The normalized spacial score (nSPS) is 29.4. The largest absolute Gasteiger partial charge is 0.377 e. The zero-order valence-electron chi connectivity index (χ0n) is 11.4. The third kappa shape index (κ3) is 2.35. The highest BCUT2D eigenvalue weighted by Gasteiger charge is 2.38. The van der Waals surface area contributed by atoms with Gasteiger partial charge in [-0.3, -0.25) is 10.1 Å². The number of anilines is 1. The average molecular weight is 279 g/mol. The molecule has 0 aliphatic carbocycles. The molecule has 0 aromatic heterocycles. The van der Waals surface area contributed by atoms with E-state index in [9.17, 15) is 14.5 Å². The van der Waals surface area contributed by atoms with Gasteiger partial charge in [0.05, 0.1) is 4.92 Å². The number of hydrogen-bond acceptors (Lipinski definition) is 4. The Labute approximate surface area is 116 Å². The maximum Gasteiger partial charge on any atom is 0.292 e. The molecule has 1 N–H and O–H groups in total. The first-order valence-electron chi connectivity index (χ1n) is 6.97. The summed E-state index contributed by atoms with van der Waals surface area (Å²) in [7, 11) is 2.14. The Kier molecular flexibility index (Phi) is 3.33. The molecule has 2 saturated heterocycles. The molecule has 6 heteroatoms. The maximum absolute atomic E-state index is 13.3. The Morgan fingerprint density at radius 1 is 1.35 bits per heavy atom. The molecule has 0 radical (unpaired) electrons. The van der Waals surface area contributed by atoms with Gasteiger partial charge in [-0.1, -0.05) is 0 Å². The van der Waals surface area contributed by atoms with Crippen LogP contribution in [0.15, 0.2) is 18.2 Å². The van der Waals surface area contributed by atoms with Crippen LogP contribution in [0.4, 0.5) is 15.8 Å². The van der Waals surface area contributed by atoms with Crippen molar-refractivity contribution in [3.05, 3.63) is 34.1 Å². The van der Waals surface area contributed by atoms with E-state index in [4.69, 9.17) is 0 Å². The van der Waals surface area contributed by atoms with Gasteiger partial charge in [0.2, 0.25) is 0 Å². The Bertz CT molecular complexity index is 523. The molecule has 2 aliphatic heterocycles. The van der Waals surface area contributed by atoms with Crippen molar-refractivity contribution in [1.29, 1.82) is 0 Å². The van der Waals surface area contributed by atoms with Crippen molar-refractivity contribution in [1.82, 2.24) is 4.90 Å². The summed E-state index contributed by atoms with van der Waals surface area (Å²) in [5.74, 6) is -0.450. The Morgan fingerprint density at radius 3 is 2.60 bits per heavy atom. The first kappa shape index (κ1) is 13.3. The molecule has 2 atom stereocenters. The minimum atomic E-state index is -0.467. The first-order chi connectivity index (χ1) is 9.54. The van der Waals surface area contributed by atoms with E-state index in [0.717, 1.165) is 18.9 Å². The number of fused-ring (bicyclic) bond motifs is 2. The molecule has 1 aromatic rings. The lowest BCUT2D eigenvalue weighted by Gasteiger charge is -2.36. The van der Waals surface area contributed by atoms with Crippen molar-refractivity contribution in [2.45, 2.75) is 43.8 Å². The molecule has 2 aliphatic rings. The number of nitrogens with zero attached hydrogens (tertiary/aromatic N) is 2. The Balaban J connectivity index is 1.78. The van der Waals surface area contributed by atoms with Crippen LogP contribution in [0, 0.1) is 15.9 Å². The van der Waals surface area contributed by atoms with E-state index < -0.39 is 10.7 Å². The third-order valence-electron chi connectivity index (χ3n) is 4.61. The quantitative estimate of drug-likeness (QED) is 0.682. The van der Waals surface area contributed by atoms with Crippen LogP contribution in [0.1, 0.15) is 25.7 Å². The minimum absolute atomic E-state index is 0.0577. The second kappa shape index (κ2) is 5.01. The number of halogens is 1. The van der Waals surface area contributed by atoms with Crippen LogP contribution in [-0.4, -0.2) is 35.0 Å². The van der Waals surface area contributed by atoms with E-state index in [1.807, 2.05) is 0 Å². The second-order valence-electron chi connectivity index (χ2n) is 5.78. The second-order valence-corrected chi connectivity index (χ2v) is 5.78. The van der Waals surface area contributed by atoms with Gasteiger partial charge in [-0.05, 0) is 38.8 Å². The number of nitro groups is 1. The number of benzene rings is 1. The molecule has 1 aromatic carbocycles. The summed E-state index contributed by atoms with van der Waals surface area (Å²) < 4.78 is 13.3. The summed E-state index contributed by atoms with van der Waals surface area (Å²) >= 11 is 0. The molecule has 2 fully saturated rings. The first-order valence-corrected chi connectivity index (χ1v) is 6.97. The minimum Gasteiger partial charge on any atom is -0.377 e. The molecule has 3 rings (SSSR count). The Morgan fingerprint density at radius 2 is 2.00 bits per heavy atom. The fourth-order valence-electron chi connectivity index (χ4n) is 3.53. The molecule has 2 unspecified atom stereocenters. The third-order valence-corrected chi connectivity index (χ3v) is 4.61. The Hall–Kier alpha value is -1.69. The van der Waals surface area contributed by atoms with E-state index in [1.54, 1.807) is 0 Å². The lowest BCUT2D eigenvalue weighted by Crippen LogP contribution is -2.44. The number of nitro benzene ring substituents is 1. The van der Waals surface area contributed by atoms with Crippen molar-refractivity contribution < 1.29 is 9.31 Å². The van der Waals surface area contributed by atoms with E-state index in [1.165, 1.54) is 25.0 Å². The highest BCUT2D eigenvalue weighted by Crippen LogP contribution is 2.36. The van der Waals surface area contributed by atoms with Crippen LogP contribution in [0.3, 0.4) is 0 Å². The fourth-order valence-corrected chi connectivity index (χ4v) is 3.53. The van der Waals surface area contributed by atoms with Crippen LogP contribution in [0.5, 0.6) is 0 Å². The molecule has 0 saturated carbocycles. The van der Waals surface area contributed by atoms with Gasteiger partial charge in [0.15, 0.2) is 0 Å². The van der Waals surface area contributed by atoms with Gasteiger partial charge in [0.25, 0.3) is 5.69 Å². The summed E-state index contributed by atoms with van der Waals surface area (Å²) in [5.41, 5.74) is 0.238. The van der Waals surface area contributed by atoms with Crippen molar-refractivity contribution >= 4 is 11.4 Å². The summed E-state index contributed by atoms with van der Waals surface area (Å²) in [6.07, 6.45) is 4.29. The van der Waals surface area contributed by atoms with Crippen LogP contribution in [0.2, 0.25) is 0 Å². The predicted molar refractivity (Wildman–Crippen MR) is 74.3 cm³/mol. The molecular weight excluding hydrogens is 261 g/mol. The van der Waals surface area contributed by atoms with Gasteiger partial charge in [0.1, 0.15) is 11.5 Å². The van der Waals surface area contributed by atoms with Crippen LogP contribution in [-0.2, 0) is 0 Å². The van der Waals surface area contributed by atoms with Crippen molar-refractivity contribution in [2.24, 2.45) is 0 Å². The zero-order valence-corrected chi connectivity index (χ0v) is 11.4. The monoisotopic (exact) mass is 279 g/mol. The van der Waals surface area contributed by atoms with Crippen LogP contribution in [0.25, 0.3) is 0 Å². The molecule has 2 heterocycles. The van der Waals surface area contributed by atoms with Crippen molar-refractivity contribution in [3.8, 4) is 0 Å². The van der Waals surface area contributed by atoms with E-state index in [-0.39, 0.29) is 11.7 Å². The average Bonchev–Trinajstić information content (AvgIpc) is 2.62. The molecule has 20 heavy (non-hydrogen) atoms. The summed E-state index contributed by atoms with van der Waals surface area (Å²) in [6, 6.07) is 4.84. The van der Waals surface area contributed by atoms with Crippen molar-refractivity contribution in [2.75, 3.05) is 12.4 Å². The smallest absolute Gasteiger partial charge is 0.292 e. The standard InChI is InChI=1S/C14H18FN3O2/c1-17-11-3-4-12(17)8-10(7-11)16-13-6-9(15)2-5-14(13)18(19)20/h2,5-6,10-12,16H,3-4,7-8H2,1H3. The lowest BCUT2D eigenvalue weighted by atomic mass is 9.97. The molecular formula is C14H18FN3O2. The maximum atomic E-state index is 13.3. The molecule has 108 valence electrons. The van der Waals surface area contributed by atoms with Gasteiger partial charge in [-0.2, -0.15) is 0 Å². The van der Waals surface area contributed by atoms with Gasteiger partial charge in [0, 0.05) is 30.3 Å². The molecule has 0 spiro atoms. The summed E-state index contributed by atoms with van der Waals surface area (Å²) in [6.45, 7) is 0. The number of hydrogen-bond donors (Lipinski definition) is 1. The van der Waals surface area contributed by atoms with Gasteiger partial charge < -0.3 is 10.2 Å². The topological polar surface area (TPSA) is 58.4 Å². The molecule has 2 bridgehead atoms. The number of rotatable bonds is 3. The van der Waals surface area contributed by atoms with Crippen LogP contribution >= 0.6 is 0 Å². The van der Waals surface area contributed by atoms with E-state index in [0.29, 0.717) is 17.8 Å². The van der Waals surface area contributed by atoms with Gasteiger partial charge in [-0.25, -0.2) is 4.39 Å². The summed E-state index contributed by atoms with van der Waals surface area (Å²) in [5, 5.41) is 14.2. The molecule has 5 nitrogen and oxygen atoms in total. The lowest BCUT2D eigenvalue weighted by molar-refractivity contribution is -0.384. The zero-order chi connectivity index (χ0) is 14.3. The van der Waals surface area contributed by atoms with Crippen LogP contribution < -0.4 is 5.32 Å². The van der Waals surface area contributed by atoms with Gasteiger partial charge >= 0.3 is 0 Å². The summed E-state index contributed by atoms with van der Waals surface area (Å²) in [4.78, 5) is 12.9. The highest BCUT2D eigenvalue weighted by molar-refractivity contribution is 5.62. The highest BCUT2D eigenvalue weighted by atomic mass is 19.1. The number of nitrogens with one attached hydrogen (secondary N) is 1. The van der Waals surface area contributed by atoms with E-state index >= 15 is 0 Å². The SMILES string of the molecule is CN1C2CCC1CC(Nc1cc(F)ccc1[N+](=O)[O-])C2. The number of piperidine rings is 1. The molecule has 0 amide bonds. The van der Waals surface area contributed by atoms with Crippen molar-refractivity contribution in [3.63, 3.8) is 0 Å². The predicted octanol–water partition coefficient (Wildman–Crippen LogP) is 2.77. The van der Waals surface area contributed by atoms with Gasteiger partial charge in [-0.15, -0.1) is 0 Å². The fraction of sp³-hybridized carbons (Fsp3) is 0.571.